The summed E-state index contributed by atoms with van der Waals surface area (Å²) in [5, 5.41) is 3.28. The molecular weight excluding hydrogens is 401 g/mol. The Kier molecular flexibility index (Phi) is 6.21. The second kappa shape index (κ2) is 7.92. The summed E-state index contributed by atoms with van der Waals surface area (Å²) in [4.78, 5) is 0. The quantitative estimate of drug-likeness (QED) is 0.712. The molecule has 21 heavy (non-hydrogen) atoms. The molecule has 0 aromatic heterocycles. The SMILES string of the molecule is CCNCc1cc(Br)c(OCc2ccc(F)cc2)c(Br)c1. The van der Waals surface area contributed by atoms with Crippen molar-refractivity contribution in [2.75, 3.05) is 6.54 Å². The maximum atomic E-state index is 12.9. The smallest absolute Gasteiger partial charge is 0.148 e. The zero-order chi connectivity index (χ0) is 15.2. The third kappa shape index (κ3) is 4.80. The lowest BCUT2D eigenvalue weighted by molar-refractivity contribution is 0.302. The summed E-state index contributed by atoms with van der Waals surface area (Å²) >= 11 is 7.06. The van der Waals surface area contributed by atoms with Gasteiger partial charge in [-0.05, 0) is 73.8 Å². The van der Waals surface area contributed by atoms with Crippen LogP contribution in [0.1, 0.15) is 18.1 Å². The molecule has 2 rings (SSSR count). The van der Waals surface area contributed by atoms with Gasteiger partial charge in [-0.3, -0.25) is 0 Å². The van der Waals surface area contributed by atoms with Gasteiger partial charge in [-0.15, -0.1) is 0 Å². The molecule has 2 nitrogen and oxygen atoms in total. The van der Waals surface area contributed by atoms with Gasteiger partial charge in [0.1, 0.15) is 18.2 Å². The van der Waals surface area contributed by atoms with E-state index in [0.717, 1.165) is 33.3 Å². The average Bonchev–Trinajstić information content (AvgIpc) is 2.46. The van der Waals surface area contributed by atoms with E-state index >= 15 is 0 Å². The highest BCUT2D eigenvalue weighted by Crippen LogP contribution is 2.35. The predicted octanol–water partition coefficient (Wildman–Crippen LogP) is 5.04. The van der Waals surface area contributed by atoms with Gasteiger partial charge in [0.2, 0.25) is 0 Å². The maximum Gasteiger partial charge on any atom is 0.148 e. The molecule has 0 spiro atoms. The van der Waals surface area contributed by atoms with Crippen LogP contribution in [0, 0.1) is 5.82 Å². The van der Waals surface area contributed by atoms with Crippen LogP contribution in [0.2, 0.25) is 0 Å². The molecule has 0 saturated carbocycles. The zero-order valence-electron chi connectivity index (χ0n) is 11.6. The first kappa shape index (κ1) is 16.5. The van der Waals surface area contributed by atoms with Crippen molar-refractivity contribution >= 4 is 31.9 Å². The first-order chi connectivity index (χ1) is 10.1. The molecule has 112 valence electrons. The molecule has 0 fully saturated rings. The Bertz CT molecular complexity index is 579. The lowest BCUT2D eigenvalue weighted by Gasteiger charge is -2.12. The van der Waals surface area contributed by atoms with Gasteiger partial charge >= 0.3 is 0 Å². The number of hydrogen-bond acceptors (Lipinski definition) is 2. The number of benzene rings is 2. The van der Waals surface area contributed by atoms with E-state index in [9.17, 15) is 4.39 Å². The van der Waals surface area contributed by atoms with Gasteiger partial charge in [0.15, 0.2) is 0 Å². The van der Waals surface area contributed by atoms with Gasteiger partial charge in [0, 0.05) is 6.54 Å². The van der Waals surface area contributed by atoms with Crippen molar-refractivity contribution in [1.29, 1.82) is 0 Å². The van der Waals surface area contributed by atoms with Gasteiger partial charge in [0.05, 0.1) is 8.95 Å². The van der Waals surface area contributed by atoms with Gasteiger partial charge in [-0.1, -0.05) is 19.1 Å². The third-order valence-electron chi connectivity index (χ3n) is 2.93. The highest BCUT2D eigenvalue weighted by molar-refractivity contribution is 9.11. The third-order valence-corrected chi connectivity index (χ3v) is 4.11. The highest BCUT2D eigenvalue weighted by atomic mass is 79.9. The molecule has 2 aromatic rings. The van der Waals surface area contributed by atoms with E-state index in [1.54, 1.807) is 12.1 Å². The molecule has 5 heteroatoms. The monoisotopic (exact) mass is 415 g/mol. The van der Waals surface area contributed by atoms with Gasteiger partial charge in [-0.25, -0.2) is 4.39 Å². The van der Waals surface area contributed by atoms with Crippen molar-refractivity contribution in [3.63, 3.8) is 0 Å². The zero-order valence-corrected chi connectivity index (χ0v) is 14.8. The minimum atomic E-state index is -0.242. The van der Waals surface area contributed by atoms with Crippen LogP contribution in [0.4, 0.5) is 4.39 Å². The predicted molar refractivity (Wildman–Crippen MR) is 90.0 cm³/mol. The van der Waals surface area contributed by atoms with Crippen LogP contribution < -0.4 is 10.1 Å². The van der Waals surface area contributed by atoms with E-state index in [-0.39, 0.29) is 5.82 Å². The van der Waals surface area contributed by atoms with E-state index in [1.165, 1.54) is 17.7 Å². The van der Waals surface area contributed by atoms with Crippen molar-refractivity contribution in [1.82, 2.24) is 5.32 Å². The maximum absolute atomic E-state index is 12.9. The first-order valence-electron chi connectivity index (χ1n) is 6.66. The molecule has 2 aromatic carbocycles. The van der Waals surface area contributed by atoms with Crippen molar-refractivity contribution in [2.45, 2.75) is 20.1 Å². The summed E-state index contributed by atoms with van der Waals surface area (Å²) in [6.07, 6.45) is 0. The minimum absolute atomic E-state index is 0.242. The molecule has 1 N–H and O–H groups in total. The van der Waals surface area contributed by atoms with Crippen LogP contribution in [0.15, 0.2) is 45.3 Å². The fraction of sp³-hybridized carbons (Fsp3) is 0.250. The lowest BCUT2D eigenvalue weighted by Crippen LogP contribution is -2.11. The molecule has 0 aliphatic heterocycles. The second-order valence-electron chi connectivity index (χ2n) is 4.58. The number of rotatable bonds is 6. The highest BCUT2D eigenvalue weighted by Gasteiger charge is 2.09. The Morgan fingerprint density at radius 1 is 1.05 bits per heavy atom. The first-order valence-corrected chi connectivity index (χ1v) is 8.24. The van der Waals surface area contributed by atoms with E-state index in [1.807, 2.05) is 12.1 Å². The van der Waals surface area contributed by atoms with Crippen molar-refractivity contribution in [3.8, 4) is 5.75 Å². The molecule has 0 atom stereocenters. The summed E-state index contributed by atoms with van der Waals surface area (Å²) < 4.78 is 20.5. The molecule has 0 aliphatic rings. The molecule has 0 aliphatic carbocycles. The van der Waals surface area contributed by atoms with Crippen molar-refractivity contribution < 1.29 is 9.13 Å². The Morgan fingerprint density at radius 2 is 1.67 bits per heavy atom. The molecule has 0 saturated heterocycles. The van der Waals surface area contributed by atoms with Crippen LogP contribution in [-0.2, 0) is 13.2 Å². The molecule has 0 amide bonds. The molecule has 0 heterocycles. The fourth-order valence-electron chi connectivity index (χ4n) is 1.86. The van der Waals surface area contributed by atoms with Crippen molar-refractivity contribution in [2.24, 2.45) is 0 Å². The van der Waals surface area contributed by atoms with Gasteiger partial charge < -0.3 is 10.1 Å². The number of halogens is 3. The van der Waals surface area contributed by atoms with Crippen LogP contribution in [0.25, 0.3) is 0 Å². The summed E-state index contributed by atoms with van der Waals surface area (Å²) in [5.41, 5.74) is 2.09. The van der Waals surface area contributed by atoms with E-state index in [4.69, 9.17) is 4.74 Å². The standard InChI is InChI=1S/C16H16Br2FNO/c1-2-20-9-12-7-14(17)16(15(18)8-12)21-10-11-3-5-13(19)6-4-11/h3-8,20H,2,9-10H2,1H3. The van der Waals surface area contributed by atoms with E-state index < -0.39 is 0 Å². The Hall–Kier alpha value is -0.910. The van der Waals surface area contributed by atoms with Crippen LogP contribution >= 0.6 is 31.9 Å². The number of hydrogen-bond donors (Lipinski definition) is 1. The van der Waals surface area contributed by atoms with Crippen molar-refractivity contribution in [3.05, 3.63) is 62.3 Å². The molecule has 0 bridgehead atoms. The summed E-state index contributed by atoms with van der Waals surface area (Å²) in [6, 6.07) is 10.4. The van der Waals surface area contributed by atoms with E-state index in [2.05, 4.69) is 44.1 Å². The summed E-state index contributed by atoms with van der Waals surface area (Å²) in [6.45, 7) is 4.21. The minimum Gasteiger partial charge on any atom is -0.487 e. The Morgan fingerprint density at radius 3 is 2.24 bits per heavy atom. The average molecular weight is 417 g/mol. The number of nitrogens with one attached hydrogen (secondary N) is 1. The van der Waals surface area contributed by atoms with Gasteiger partial charge in [0.25, 0.3) is 0 Å². The molecule has 0 radical (unpaired) electrons. The normalized spacial score (nSPS) is 10.7. The molecular formula is C16H16Br2FNO. The largest absolute Gasteiger partial charge is 0.487 e. The second-order valence-corrected chi connectivity index (χ2v) is 6.29. The number of ether oxygens (including phenoxy) is 1. The Balaban J connectivity index is 2.07. The summed E-state index contributed by atoms with van der Waals surface area (Å²) in [5.74, 6) is 0.508. The van der Waals surface area contributed by atoms with E-state index in [0.29, 0.717) is 6.61 Å². The van der Waals surface area contributed by atoms with Gasteiger partial charge in [-0.2, -0.15) is 0 Å². The topological polar surface area (TPSA) is 21.3 Å². The fourth-order valence-corrected chi connectivity index (χ4v) is 3.37. The lowest BCUT2D eigenvalue weighted by atomic mass is 10.2. The van der Waals surface area contributed by atoms with Crippen LogP contribution in [-0.4, -0.2) is 6.54 Å². The summed E-state index contributed by atoms with van der Waals surface area (Å²) in [7, 11) is 0. The van der Waals surface area contributed by atoms with Crippen LogP contribution in [0.5, 0.6) is 5.75 Å². The Labute approximate surface area is 141 Å². The van der Waals surface area contributed by atoms with Crippen LogP contribution in [0.3, 0.4) is 0 Å². The molecule has 0 unspecified atom stereocenters.